The maximum Gasteiger partial charge on any atom is 0.242 e. The molecule has 0 atom stereocenters. The van der Waals surface area contributed by atoms with Crippen LogP contribution < -0.4 is 10.7 Å². The molecule has 64 valence electrons. The summed E-state index contributed by atoms with van der Waals surface area (Å²) in [5.74, 6) is -0.331. The summed E-state index contributed by atoms with van der Waals surface area (Å²) < 4.78 is 0. The Labute approximate surface area is 72.7 Å². The van der Waals surface area contributed by atoms with Gasteiger partial charge in [-0.05, 0) is 0 Å². The zero-order valence-corrected chi connectivity index (χ0v) is 6.97. The largest absolute Gasteiger partial charge is 0.322 e. The molecule has 0 aliphatic rings. The molecule has 6 heteroatoms. The van der Waals surface area contributed by atoms with Gasteiger partial charge in [0.25, 0.3) is 0 Å². The van der Waals surface area contributed by atoms with E-state index in [4.69, 9.17) is 11.6 Å². The number of carbonyl (C=O) groups is 1. The predicted octanol–water partition coefficient (Wildman–Crippen LogP) is 0.382. The van der Waals surface area contributed by atoms with Gasteiger partial charge in [-0.1, -0.05) is 11.6 Å². The molecule has 0 aliphatic carbocycles. The third-order valence-electron chi connectivity index (χ3n) is 1.11. The lowest BCUT2D eigenvalue weighted by Crippen LogP contribution is -2.16. The Kier molecular flexibility index (Phi) is 2.44. The molecule has 1 aromatic heterocycles. The van der Waals surface area contributed by atoms with E-state index in [1.807, 2.05) is 0 Å². The van der Waals surface area contributed by atoms with Crippen molar-refractivity contribution in [3.05, 3.63) is 21.6 Å². The van der Waals surface area contributed by atoms with Crippen molar-refractivity contribution in [3.63, 3.8) is 0 Å². The topological polar surface area (TPSA) is 74.8 Å². The third kappa shape index (κ3) is 1.82. The van der Waals surface area contributed by atoms with Crippen molar-refractivity contribution < 1.29 is 4.79 Å². The van der Waals surface area contributed by atoms with E-state index in [1.165, 1.54) is 13.1 Å². The molecule has 0 radical (unpaired) electrons. The molecule has 0 aliphatic heterocycles. The summed E-state index contributed by atoms with van der Waals surface area (Å²) in [6, 6.07) is 0. The Hall–Kier alpha value is -1.36. The number of aromatic nitrogens is 2. The number of nitrogens with zero attached hydrogens (tertiary/aromatic N) is 1. The van der Waals surface area contributed by atoms with Gasteiger partial charge in [-0.15, -0.1) is 0 Å². The molecule has 5 nitrogen and oxygen atoms in total. The van der Waals surface area contributed by atoms with Crippen molar-refractivity contribution in [3.8, 4) is 0 Å². The van der Waals surface area contributed by atoms with E-state index < -0.39 is 5.43 Å². The van der Waals surface area contributed by atoms with Crippen LogP contribution >= 0.6 is 11.6 Å². The first-order valence-corrected chi connectivity index (χ1v) is 3.50. The van der Waals surface area contributed by atoms with Gasteiger partial charge in [0.2, 0.25) is 11.3 Å². The number of nitrogens with one attached hydrogen (secondary N) is 2. The van der Waals surface area contributed by atoms with Gasteiger partial charge >= 0.3 is 0 Å². The summed E-state index contributed by atoms with van der Waals surface area (Å²) >= 11 is 5.39. The SMILES string of the molecule is CC(=O)Nc1c[nH]nc(Cl)c1=O. The van der Waals surface area contributed by atoms with Crippen molar-refractivity contribution in [1.29, 1.82) is 0 Å². The van der Waals surface area contributed by atoms with E-state index in [-0.39, 0.29) is 16.7 Å². The summed E-state index contributed by atoms with van der Waals surface area (Å²) in [4.78, 5) is 21.6. The summed E-state index contributed by atoms with van der Waals surface area (Å²) in [5.41, 5.74) is -0.395. The van der Waals surface area contributed by atoms with Crippen LogP contribution in [0, 0.1) is 0 Å². The fourth-order valence-electron chi connectivity index (χ4n) is 0.663. The molecule has 0 bridgehead atoms. The van der Waals surface area contributed by atoms with Crippen LogP contribution in [0.3, 0.4) is 0 Å². The fourth-order valence-corrected chi connectivity index (χ4v) is 0.814. The number of halogens is 1. The maximum atomic E-state index is 11.1. The molecule has 2 N–H and O–H groups in total. The number of aromatic amines is 1. The van der Waals surface area contributed by atoms with Crippen LogP contribution in [0.1, 0.15) is 6.92 Å². The summed E-state index contributed by atoms with van der Waals surface area (Å²) in [5, 5.41) is 7.92. The van der Waals surface area contributed by atoms with E-state index in [9.17, 15) is 9.59 Å². The van der Waals surface area contributed by atoms with E-state index in [0.29, 0.717) is 0 Å². The molecule has 12 heavy (non-hydrogen) atoms. The molecular formula is C6H6ClN3O2. The highest BCUT2D eigenvalue weighted by Gasteiger charge is 2.04. The van der Waals surface area contributed by atoms with E-state index in [1.54, 1.807) is 0 Å². The fraction of sp³-hybridized carbons (Fsp3) is 0.167. The second-order valence-electron chi connectivity index (χ2n) is 2.10. The highest BCUT2D eigenvalue weighted by Crippen LogP contribution is 2.00. The average molecular weight is 188 g/mol. The van der Waals surface area contributed by atoms with Gasteiger partial charge in [0.1, 0.15) is 5.69 Å². The molecule has 1 rings (SSSR count). The monoisotopic (exact) mass is 187 g/mol. The van der Waals surface area contributed by atoms with Crippen molar-refractivity contribution in [2.45, 2.75) is 6.92 Å². The second-order valence-corrected chi connectivity index (χ2v) is 2.46. The molecule has 0 saturated heterocycles. The molecule has 0 spiro atoms. The number of hydrogen-bond acceptors (Lipinski definition) is 3. The summed E-state index contributed by atoms with van der Waals surface area (Å²) in [7, 11) is 0. The Morgan fingerprint density at radius 1 is 1.75 bits per heavy atom. The van der Waals surface area contributed by atoms with E-state index in [0.717, 1.165) is 0 Å². The number of anilines is 1. The normalized spacial score (nSPS) is 9.50. The molecule has 0 saturated carbocycles. The lowest BCUT2D eigenvalue weighted by molar-refractivity contribution is -0.114. The quantitative estimate of drug-likeness (QED) is 0.668. The Morgan fingerprint density at radius 2 is 2.42 bits per heavy atom. The van der Waals surface area contributed by atoms with Crippen molar-refractivity contribution in [2.24, 2.45) is 0 Å². The molecule has 1 amide bonds. The van der Waals surface area contributed by atoms with Crippen molar-refractivity contribution >= 4 is 23.2 Å². The Morgan fingerprint density at radius 3 is 3.00 bits per heavy atom. The minimum atomic E-state index is -0.495. The zero-order chi connectivity index (χ0) is 9.14. The predicted molar refractivity (Wildman–Crippen MR) is 44.2 cm³/mol. The van der Waals surface area contributed by atoms with Crippen LogP contribution in [0.25, 0.3) is 0 Å². The summed E-state index contributed by atoms with van der Waals surface area (Å²) in [6.45, 7) is 1.30. The van der Waals surface area contributed by atoms with Gasteiger partial charge in [-0.3, -0.25) is 14.7 Å². The van der Waals surface area contributed by atoms with Gasteiger partial charge in [0.15, 0.2) is 5.15 Å². The highest BCUT2D eigenvalue weighted by molar-refractivity contribution is 6.29. The van der Waals surface area contributed by atoms with Crippen LogP contribution in [0.15, 0.2) is 11.0 Å². The molecule has 0 unspecified atom stereocenters. The molecule has 0 fully saturated rings. The van der Waals surface area contributed by atoms with Crippen molar-refractivity contribution in [1.82, 2.24) is 10.2 Å². The van der Waals surface area contributed by atoms with E-state index >= 15 is 0 Å². The van der Waals surface area contributed by atoms with Gasteiger partial charge in [0.05, 0.1) is 0 Å². The first-order valence-electron chi connectivity index (χ1n) is 3.12. The van der Waals surface area contributed by atoms with Gasteiger partial charge in [-0.2, -0.15) is 5.10 Å². The van der Waals surface area contributed by atoms with Crippen LogP contribution in [-0.4, -0.2) is 16.1 Å². The van der Waals surface area contributed by atoms with Crippen molar-refractivity contribution in [2.75, 3.05) is 5.32 Å². The molecule has 0 aromatic carbocycles. The lowest BCUT2D eigenvalue weighted by atomic mass is 10.4. The first kappa shape index (κ1) is 8.73. The van der Waals surface area contributed by atoms with Crippen LogP contribution in [0.5, 0.6) is 0 Å². The highest BCUT2D eigenvalue weighted by atomic mass is 35.5. The third-order valence-corrected chi connectivity index (χ3v) is 1.37. The number of carbonyl (C=O) groups excluding carboxylic acids is 1. The van der Waals surface area contributed by atoms with Gasteiger partial charge in [0, 0.05) is 13.1 Å². The first-order chi connectivity index (χ1) is 5.61. The van der Waals surface area contributed by atoms with Gasteiger partial charge < -0.3 is 5.32 Å². The number of hydrogen-bond donors (Lipinski definition) is 2. The minimum absolute atomic E-state index is 0.0995. The van der Waals surface area contributed by atoms with Crippen LogP contribution in [0.2, 0.25) is 5.15 Å². The zero-order valence-electron chi connectivity index (χ0n) is 6.22. The Bertz CT molecular complexity index is 360. The number of rotatable bonds is 1. The number of amides is 1. The van der Waals surface area contributed by atoms with E-state index in [2.05, 4.69) is 15.5 Å². The average Bonchev–Trinajstić information content (AvgIpc) is 1.98. The minimum Gasteiger partial charge on any atom is -0.322 e. The van der Waals surface area contributed by atoms with Gasteiger partial charge in [-0.25, -0.2) is 0 Å². The lowest BCUT2D eigenvalue weighted by Gasteiger charge is -1.98. The maximum absolute atomic E-state index is 11.1. The Balaban J connectivity index is 3.09. The van der Waals surface area contributed by atoms with Crippen LogP contribution in [-0.2, 0) is 4.79 Å². The number of H-pyrrole nitrogens is 1. The second kappa shape index (κ2) is 3.36. The molecule has 1 heterocycles. The standard InChI is InChI=1S/C6H6ClN3O2/c1-3(11)9-4-2-8-10-6(7)5(4)12/h2H,1H3,(H,8,12)(H,9,10,11). The molecular weight excluding hydrogens is 182 g/mol. The molecule has 1 aromatic rings. The smallest absolute Gasteiger partial charge is 0.242 e. The van der Waals surface area contributed by atoms with Crippen LogP contribution in [0.4, 0.5) is 5.69 Å². The summed E-state index contributed by atoms with van der Waals surface area (Å²) in [6.07, 6.45) is 1.27.